The maximum Gasteiger partial charge on any atom is 0.119 e. The molecule has 0 bridgehead atoms. The Bertz CT molecular complexity index is 534. The maximum atomic E-state index is 5.54. The highest BCUT2D eigenvalue weighted by atomic mass is 16.5. The van der Waals surface area contributed by atoms with Crippen molar-refractivity contribution in [3.63, 3.8) is 0 Å². The van der Waals surface area contributed by atoms with Gasteiger partial charge in [-0.3, -0.25) is 5.10 Å². The number of aromatic amines is 1. The van der Waals surface area contributed by atoms with Crippen LogP contribution < -0.4 is 10.1 Å². The molecule has 0 aliphatic carbocycles. The van der Waals surface area contributed by atoms with E-state index in [-0.39, 0.29) is 0 Å². The highest BCUT2D eigenvalue weighted by Crippen LogP contribution is 2.26. The van der Waals surface area contributed by atoms with Gasteiger partial charge in [-0.05, 0) is 32.5 Å². The van der Waals surface area contributed by atoms with Gasteiger partial charge in [-0.25, -0.2) is 0 Å². The van der Waals surface area contributed by atoms with Crippen LogP contribution in [0.1, 0.15) is 25.1 Å². The van der Waals surface area contributed by atoms with E-state index in [2.05, 4.69) is 35.4 Å². The summed E-state index contributed by atoms with van der Waals surface area (Å²) in [5.74, 6) is 0.884. The fourth-order valence-electron chi connectivity index (χ4n) is 2.06. The molecule has 4 heteroatoms. The predicted octanol–water partition coefficient (Wildman–Crippen LogP) is 2.89. The number of ether oxygens (including phenoxy) is 1. The Morgan fingerprint density at radius 3 is 2.89 bits per heavy atom. The van der Waals surface area contributed by atoms with Crippen molar-refractivity contribution in [2.24, 2.45) is 0 Å². The molecular formula is C15H21N3O. The van der Waals surface area contributed by atoms with Gasteiger partial charge < -0.3 is 10.1 Å². The van der Waals surface area contributed by atoms with Gasteiger partial charge in [-0.2, -0.15) is 5.10 Å². The van der Waals surface area contributed by atoms with Gasteiger partial charge in [0.05, 0.1) is 12.3 Å². The van der Waals surface area contributed by atoms with Gasteiger partial charge in [0.1, 0.15) is 5.75 Å². The second kappa shape index (κ2) is 6.38. The quantitative estimate of drug-likeness (QED) is 0.838. The summed E-state index contributed by atoms with van der Waals surface area (Å²) in [4.78, 5) is 0. The van der Waals surface area contributed by atoms with Crippen LogP contribution >= 0.6 is 0 Å². The van der Waals surface area contributed by atoms with Crippen molar-refractivity contribution in [2.75, 3.05) is 13.2 Å². The van der Waals surface area contributed by atoms with Crippen LogP contribution in [-0.4, -0.2) is 23.3 Å². The van der Waals surface area contributed by atoms with Gasteiger partial charge in [-0.15, -0.1) is 0 Å². The lowest BCUT2D eigenvalue weighted by atomic mass is 10.1. The molecule has 0 spiro atoms. The molecule has 1 heterocycles. The van der Waals surface area contributed by atoms with Crippen molar-refractivity contribution in [1.29, 1.82) is 0 Å². The van der Waals surface area contributed by atoms with E-state index in [0.29, 0.717) is 6.61 Å². The number of nitrogens with one attached hydrogen (secondary N) is 2. The molecule has 0 atom stereocenters. The number of aryl methyl sites for hydroxylation is 1. The van der Waals surface area contributed by atoms with Crippen LogP contribution in [0.15, 0.2) is 24.3 Å². The zero-order valence-electron chi connectivity index (χ0n) is 11.8. The molecule has 1 aromatic carbocycles. The third-order valence-electron chi connectivity index (χ3n) is 3.04. The van der Waals surface area contributed by atoms with Crippen molar-refractivity contribution >= 4 is 0 Å². The van der Waals surface area contributed by atoms with Gasteiger partial charge in [-0.1, -0.05) is 19.1 Å². The molecule has 0 amide bonds. The predicted molar refractivity (Wildman–Crippen MR) is 77.3 cm³/mol. The SMILES string of the molecule is CCNCc1c(-c2cccc(OCC)c2)n[nH]c1C. The van der Waals surface area contributed by atoms with Crippen LogP contribution in [0.4, 0.5) is 0 Å². The van der Waals surface area contributed by atoms with Gasteiger partial charge >= 0.3 is 0 Å². The van der Waals surface area contributed by atoms with E-state index in [0.717, 1.165) is 35.8 Å². The summed E-state index contributed by atoms with van der Waals surface area (Å²) in [7, 11) is 0. The van der Waals surface area contributed by atoms with Crippen LogP contribution in [0.5, 0.6) is 5.75 Å². The van der Waals surface area contributed by atoms with E-state index in [4.69, 9.17) is 4.74 Å². The largest absolute Gasteiger partial charge is 0.494 e. The van der Waals surface area contributed by atoms with Crippen LogP contribution in [0.3, 0.4) is 0 Å². The highest BCUT2D eigenvalue weighted by Gasteiger charge is 2.12. The molecule has 0 aliphatic rings. The number of aromatic nitrogens is 2. The molecule has 0 radical (unpaired) electrons. The Labute approximate surface area is 114 Å². The first-order valence-electron chi connectivity index (χ1n) is 6.74. The van der Waals surface area contributed by atoms with E-state index in [9.17, 15) is 0 Å². The molecule has 0 saturated heterocycles. The molecule has 2 rings (SSSR count). The number of rotatable bonds is 6. The molecule has 0 fully saturated rings. The van der Waals surface area contributed by atoms with E-state index >= 15 is 0 Å². The fraction of sp³-hybridized carbons (Fsp3) is 0.400. The molecule has 0 saturated carbocycles. The van der Waals surface area contributed by atoms with Crippen LogP contribution in [0.25, 0.3) is 11.3 Å². The average Bonchev–Trinajstić information content (AvgIpc) is 2.78. The summed E-state index contributed by atoms with van der Waals surface area (Å²) in [5, 5.41) is 10.8. The Hall–Kier alpha value is -1.81. The molecule has 0 unspecified atom stereocenters. The number of H-pyrrole nitrogens is 1. The van der Waals surface area contributed by atoms with Crippen molar-refractivity contribution in [3.05, 3.63) is 35.5 Å². The first-order chi connectivity index (χ1) is 9.26. The van der Waals surface area contributed by atoms with Gasteiger partial charge in [0.25, 0.3) is 0 Å². The lowest BCUT2D eigenvalue weighted by Crippen LogP contribution is -2.12. The monoisotopic (exact) mass is 259 g/mol. The number of nitrogens with zero attached hydrogens (tertiary/aromatic N) is 1. The normalized spacial score (nSPS) is 10.7. The topological polar surface area (TPSA) is 49.9 Å². The fourth-order valence-corrected chi connectivity index (χ4v) is 2.06. The van der Waals surface area contributed by atoms with E-state index < -0.39 is 0 Å². The van der Waals surface area contributed by atoms with E-state index in [1.807, 2.05) is 25.1 Å². The third kappa shape index (κ3) is 3.15. The summed E-state index contributed by atoms with van der Waals surface area (Å²) >= 11 is 0. The van der Waals surface area contributed by atoms with Crippen LogP contribution in [0.2, 0.25) is 0 Å². The maximum absolute atomic E-state index is 5.54. The van der Waals surface area contributed by atoms with E-state index in [1.165, 1.54) is 5.56 Å². The Morgan fingerprint density at radius 1 is 1.32 bits per heavy atom. The van der Waals surface area contributed by atoms with Crippen molar-refractivity contribution in [1.82, 2.24) is 15.5 Å². The zero-order valence-corrected chi connectivity index (χ0v) is 11.8. The molecule has 0 aliphatic heterocycles. The Kier molecular flexibility index (Phi) is 4.58. The smallest absolute Gasteiger partial charge is 0.119 e. The molecule has 2 N–H and O–H groups in total. The molecule has 1 aromatic heterocycles. The molecular weight excluding hydrogens is 238 g/mol. The third-order valence-corrected chi connectivity index (χ3v) is 3.04. The van der Waals surface area contributed by atoms with Gasteiger partial charge in [0.15, 0.2) is 0 Å². The highest BCUT2D eigenvalue weighted by molar-refractivity contribution is 5.65. The van der Waals surface area contributed by atoms with Gasteiger partial charge in [0.2, 0.25) is 0 Å². The van der Waals surface area contributed by atoms with Gasteiger partial charge in [0, 0.05) is 23.4 Å². The Balaban J connectivity index is 2.32. The van der Waals surface area contributed by atoms with Crippen molar-refractivity contribution in [2.45, 2.75) is 27.3 Å². The summed E-state index contributed by atoms with van der Waals surface area (Å²) in [5.41, 5.74) is 4.41. The van der Waals surface area contributed by atoms with Crippen molar-refractivity contribution < 1.29 is 4.74 Å². The number of benzene rings is 1. The number of hydrogen-bond donors (Lipinski definition) is 2. The lowest BCUT2D eigenvalue weighted by Gasteiger charge is -2.07. The van der Waals surface area contributed by atoms with E-state index in [1.54, 1.807) is 0 Å². The minimum atomic E-state index is 0.674. The standard InChI is InChI=1S/C15H21N3O/c1-4-16-10-14-11(3)17-18-15(14)12-7-6-8-13(9-12)19-5-2/h6-9,16H,4-5,10H2,1-3H3,(H,17,18). The summed E-state index contributed by atoms with van der Waals surface area (Å²) in [6, 6.07) is 8.07. The molecule has 19 heavy (non-hydrogen) atoms. The second-order valence-corrected chi connectivity index (χ2v) is 4.42. The number of hydrogen-bond acceptors (Lipinski definition) is 3. The summed E-state index contributed by atoms with van der Waals surface area (Å²) in [6.07, 6.45) is 0. The molecule has 2 aromatic rings. The minimum absolute atomic E-state index is 0.674. The first-order valence-corrected chi connectivity index (χ1v) is 6.74. The molecule has 102 valence electrons. The zero-order chi connectivity index (χ0) is 13.7. The van der Waals surface area contributed by atoms with Crippen LogP contribution in [-0.2, 0) is 6.54 Å². The average molecular weight is 259 g/mol. The first kappa shape index (κ1) is 13.6. The summed E-state index contributed by atoms with van der Waals surface area (Å²) in [6.45, 7) is 8.59. The Morgan fingerprint density at radius 2 is 2.16 bits per heavy atom. The van der Waals surface area contributed by atoms with Crippen molar-refractivity contribution in [3.8, 4) is 17.0 Å². The summed E-state index contributed by atoms with van der Waals surface area (Å²) < 4.78 is 5.54. The lowest BCUT2D eigenvalue weighted by molar-refractivity contribution is 0.340. The molecule has 4 nitrogen and oxygen atoms in total. The minimum Gasteiger partial charge on any atom is -0.494 e. The second-order valence-electron chi connectivity index (χ2n) is 4.42. The van der Waals surface area contributed by atoms with Crippen LogP contribution in [0, 0.1) is 6.92 Å².